The van der Waals surface area contributed by atoms with Gasteiger partial charge in [0.1, 0.15) is 29.2 Å². The number of nitrogens with zero attached hydrogens (tertiary/aromatic N) is 1. The van der Waals surface area contributed by atoms with Crippen molar-refractivity contribution in [2.75, 3.05) is 0 Å². The van der Waals surface area contributed by atoms with Gasteiger partial charge in [0.2, 0.25) is 0 Å². The van der Waals surface area contributed by atoms with Crippen LogP contribution < -0.4 is 4.74 Å². The topological polar surface area (TPSA) is 72.6 Å². The predicted octanol–water partition coefficient (Wildman–Crippen LogP) is 4.43. The SMILES string of the molecule is [2H]C([2H])(Oc1ccc2oc(C)c(C(=O)O)c2c1)c1cccnc1C(F)(F)F. The van der Waals surface area contributed by atoms with Gasteiger partial charge in [0.05, 0.1) is 2.74 Å². The highest BCUT2D eigenvalue weighted by molar-refractivity contribution is 6.03. The Morgan fingerprint density at radius 2 is 2.16 bits per heavy atom. The Hall–Kier alpha value is -3.03. The molecule has 8 heteroatoms. The summed E-state index contributed by atoms with van der Waals surface area (Å²) in [6.07, 6.45) is -3.96. The van der Waals surface area contributed by atoms with Crippen LogP contribution in [-0.4, -0.2) is 16.1 Å². The van der Waals surface area contributed by atoms with Gasteiger partial charge in [-0.1, -0.05) is 6.07 Å². The molecule has 0 radical (unpaired) electrons. The van der Waals surface area contributed by atoms with Gasteiger partial charge in [-0.25, -0.2) is 4.79 Å². The number of furan rings is 1. The van der Waals surface area contributed by atoms with Crippen LogP contribution in [0.1, 0.15) is 30.1 Å². The Labute approximate surface area is 142 Å². The van der Waals surface area contributed by atoms with Crippen molar-refractivity contribution in [3.05, 3.63) is 59.1 Å². The summed E-state index contributed by atoms with van der Waals surface area (Å²) in [4.78, 5) is 14.6. The average Bonchev–Trinajstić information content (AvgIpc) is 2.89. The van der Waals surface area contributed by atoms with Gasteiger partial charge in [0.25, 0.3) is 0 Å². The molecule has 2 heterocycles. The van der Waals surface area contributed by atoms with Gasteiger partial charge in [-0.3, -0.25) is 4.98 Å². The minimum absolute atomic E-state index is 0.131. The summed E-state index contributed by atoms with van der Waals surface area (Å²) < 4.78 is 65.6. The lowest BCUT2D eigenvalue weighted by atomic mass is 10.1. The quantitative estimate of drug-likeness (QED) is 0.751. The fraction of sp³-hybridized carbons (Fsp3) is 0.176. The zero-order chi connectivity index (χ0) is 20.0. The maximum Gasteiger partial charge on any atom is 0.433 e. The van der Waals surface area contributed by atoms with E-state index >= 15 is 0 Å². The minimum atomic E-state index is -4.87. The van der Waals surface area contributed by atoms with Gasteiger partial charge in [0.15, 0.2) is 5.69 Å². The largest absolute Gasteiger partial charge is 0.489 e. The van der Waals surface area contributed by atoms with Gasteiger partial charge >= 0.3 is 12.1 Å². The van der Waals surface area contributed by atoms with Crippen LogP contribution in [0.15, 0.2) is 40.9 Å². The summed E-state index contributed by atoms with van der Waals surface area (Å²) in [5, 5.41) is 9.42. The van der Waals surface area contributed by atoms with E-state index in [9.17, 15) is 23.1 Å². The third kappa shape index (κ3) is 3.28. The molecule has 0 saturated carbocycles. The number of carboxylic acid groups (broad SMARTS) is 1. The summed E-state index contributed by atoms with van der Waals surface area (Å²) in [5.74, 6) is -1.27. The maximum atomic E-state index is 13.1. The Morgan fingerprint density at radius 1 is 1.40 bits per heavy atom. The Kier molecular flexibility index (Phi) is 3.51. The zero-order valence-electron chi connectivity index (χ0n) is 14.7. The molecule has 0 aliphatic rings. The number of carbonyl (C=O) groups is 1. The van der Waals surface area contributed by atoms with Crippen molar-refractivity contribution in [1.29, 1.82) is 0 Å². The summed E-state index contributed by atoms with van der Waals surface area (Å²) in [7, 11) is 0. The summed E-state index contributed by atoms with van der Waals surface area (Å²) in [6.45, 7) is -1.41. The smallest absolute Gasteiger partial charge is 0.433 e. The molecule has 2 aromatic heterocycles. The van der Waals surface area contributed by atoms with Gasteiger partial charge in [0, 0.05) is 17.1 Å². The molecule has 0 aliphatic carbocycles. The molecule has 3 aromatic rings. The second kappa shape index (κ2) is 6.12. The van der Waals surface area contributed by atoms with Crippen LogP contribution in [-0.2, 0) is 12.7 Å². The number of aromatic carboxylic acids is 1. The van der Waals surface area contributed by atoms with Gasteiger partial charge < -0.3 is 14.3 Å². The van der Waals surface area contributed by atoms with Crippen molar-refractivity contribution in [3.63, 3.8) is 0 Å². The number of halogens is 3. The highest BCUT2D eigenvalue weighted by atomic mass is 19.4. The lowest BCUT2D eigenvalue weighted by molar-refractivity contribution is -0.142. The van der Waals surface area contributed by atoms with Crippen LogP contribution in [0.25, 0.3) is 11.0 Å². The number of rotatable bonds is 4. The molecule has 0 fully saturated rings. The van der Waals surface area contributed by atoms with Gasteiger partial charge in [-0.05, 0) is 31.2 Å². The summed E-state index contributed by atoms with van der Waals surface area (Å²) in [6, 6.07) is 5.93. The highest BCUT2D eigenvalue weighted by Gasteiger charge is 2.35. The third-order valence-electron chi connectivity index (χ3n) is 3.40. The van der Waals surface area contributed by atoms with Crippen molar-refractivity contribution in [2.45, 2.75) is 19.7 Å². The molecule has 25 heavy (non-hydrogen) atoms. The number of fused-ring (bicyclic) bond motifs is 1. The van der Waals surface area contributed by atoms with Crippen LogP contribution >= 0.6 is 0 Å². The monoisotopic (exact) mass is 353 g/mol. The first-order valence-corrected chi connectivity index (χ1v) is 6.99. The second-order valence-corrected chi connectivity index (χ2v) is 5.10. The molecule has 0 amide bonds. The number of benzene rings is 1. The number of hydrogen-bond acceptors (Lipinski definition) is 4. The summed E-state index contributed by atoms with van der Waals surface area (Å²) >= 11 is 0. The molecule has 130 valence electrons. The van der Waals surface area contributed by atoms with Crippen molar-refractivity contribution in [2.24, 2.45) is 0 Å². The van der Waals surface area contributed by atoms with Crippen molar-refractivity contribution >= 4 is 16.9 Å². The Bertz CT molecular complexity index is 1030. The van der Waals surface area contributed by atoms with Gasteiger partial charge in [-0.2, -0.15) is 13.2 Å². The number of aryl methyl sites for hydroxylation is 1. The molecule has 5 nitrogen and oxygen atoms in total. The molecule has 1 aromatic carbocycles. The molecular weight excluding hydrogens is 339 g/mol. The first kappa shape index (κ1) is 14.3. The number of carboxylic acids is 1. The molecule has 0 unspecified atom stereocenters. The van der Waals surface area contributed by atoms with E-state index in [0.717, 1.165) is 18.3 Å². The highest BCUT2D eigenvalue weighted by Crippen LogP contribution is 2.32. The summed E-state index contributed by atoms with van der Waals surface area (Å²) in [5.41, 5.74) is -2.09. The molecule has 3 rings (SSSR count). The van der Waals surface area contributed by atoms with Crippen molar-refractivity contribution in [1.82, 2.24) is 4.98 Å². The standard InChI is InChI=1S/C17H12F3NO4/c1-9-14(16(22)23)12-7-11(4-5-13(12)25-9)24-8-10-3-2-6-21-15(10)17(18,19)20/h2-7H,8H2,1H3,(H,22,23)/i8D2. The molecule has 1 N–H and O–H groups in total. The zero-order valence-corrected chi connectivity index (χ0v) is 12.7. The van der Waals surface area contributed by atoms with E-state index < -0.39 is 30.0 Å². The lowest BCUT2D eigenvalue weighted by Crippen LogP contribution is -2.13. The number of aromatic nitrogens is 1. The molecule has 0 atom stereocenters. The molecule has 0 aliphatic heterocycles. The van der Waals surface area contributed by atoms with Crippen molar-refractivity contribution in [3.8, 4) is 5.75 Å². The number of hydrogen-bond donors (Lipinski definition) is 1. The molecule has 0 saturated heterocycles. The third-order valence-corrected chi connectivity index (χ3v) is 3.40. The van der Waals surface area contributed by atoms with E-state index in [1.165, 1.54) is 25.1 Å². The maximum absolute atomic E-state index is 13.1. The van der Waals surface area contributed by atoms with Crippen LogP contribution in [0.3, 0.4) is 0 Å². The average molecular weight is 353 g/mol. The second-order valence-electron chi connectivity index (χ2n) is 5.10. The fourth-order valence-corrected chi connectivity index (χ4v) is 2.36. The number of alkyl halides is 3. The Morgan fingerprint density at radius 3 is 2.84 bits per heavy atom. The molecule has 0 spiro atoms. The first-order chi connectivity index (χ1) is 12.5. The van der Waals surface area contributed by atoms with E-state index in [1.807, 2.05) is 0 Å². The van der Waals surface area contributed by atoms with E-state index in [0.29, 0.717) is 0 Å². The van der Waals surface area contributed by atoms with E-state index in [2.05, 4.69) is 4.98 Å². The predicted molar refractivity (Wildman–Crippen MR) is 81.5 cm³/mol. The van der Waals surface area contributed by atoms with Crippen LogP contribution in [0.2, 0.25) is 0 Å². The van der Waals surface area contributed by atoms with Crippen LogP contribution in [0.5, 0.6) is 5.75 Å². The lowest BCUT2D eigenvalue weighted by Gasteiger charge is -2.12. The molecule has 0 bridgehead atoms. The Balaban J connectivity index is 2.04. The first-order valence-electron chi connectivity index (χ1n) is 7.99. The van der Waals surface area contributed by atoms with E-state index in [-0.39, 0.29) is 28.0 Å². The van der Waals surface area contributed by atoms with Crippen molar-refractivity contribution < 1.29 is 35.0 Å². The number of pyridine rings is 1. The molecular formula is C17H12F3NO4. The van der Waals surface area contributed by atoms with Crippen LogP contribution in [0, 0.1) is 6.92 Å². The van der Waals surface area contributed by atoms with Crippen LogP contribution in [0.4, 0.5) is 13.2 Å². The minimum Gasteiger partial charge on any atom is -0.489 e. The van der Waals surface area contributed by atoms with E-state index in [1.54, 1.807) is 0 Å². The van der Waals surface area contributed by atoms with E-state index in [4.69, 9.17) is 11.9 Å². The fourth-order valence-electron chi connectivity index (χ4n) is 2.36. The normalized spacial score (nSPS) is 13.4. The number of ether oxygens (including phenoxy) is 1. The van der Waals surface area contributed by atoms with Gasteiger partial charge in [-0.15, -0.1) is 0 Å².